The molecule has 1 aromatic rings. The standard InChI is InChI=1S/C14H17BrClNO/c15-12-6-10-2-5-18-13(10)11(7-12)8-17-14(9-16)3-1-4-14/h6-7,17H,1-5,8-9H2. The summed E-state index contributed by atoms with van der Waals surface area (Å²) in [5, 5.41) is 3.62. The monoisotopic (exact) mass is 329 g/mol. The van der Waals surface area contributed by atoms with Gasteiger partial charge in [-0.05, 0) is 37.0 Å². The summed E-state index contributed by atoms with van der Waals surface area (Å²) in [4.78, 5) is 0. The third-order valence-electron chi connectivity index (χ3n) is 4.05. The number of hydrogen-bond donors (Lipinski definition) is 1. The Balaban J connectivity index is 1.76. The van der Waals surface area contributed by atoms with Crippen LogP contribution in [0, 0.1) is 0 Å². The summed E-state index contributed by atoms with van der Waals surface area (Å²) in [6.45, 7) is 1.65. The van der Waals surface area contributed by atoms with E-state index in [1.54, 1.807) is 0 Å². The average molecular weight is 331 g/mol. The van der Waals surface area contributed by atoms with Crippen LogP contribution in [0.25, 0.3) is 0 Å². The molecular weight excluding hydrogens is 314 g/mol. The summed E-state index contributed by atoms with van der Waals surface area (Å²) in [6, 6.07) is 4.31. The first-order chi connectivity index (χ1) is 8.72. The van der Waals surface area contributed by atoms with Crippen molar-refractivity contribution in [1.82, 2.24) is 5.32 Å². The van der Waals surface area contributed by atoms with Crippen LogP contribution < -0.4 is 10.1 Å². The first-order valence-corrected chi connectivity index (χ1v) is 7.80. The molecule has 0 radical (unpaired) electrons. The summed E-state index contributed by atoms with van der Waals surface area (Å²) in [7, 11) is 0. The largest absolute Gasteiger partial charge is 0.493 e. The smallest absolute Gasteiger partial charge is 0.127 e. The Labute approximate surface area is 121 Å². The SMILES string of the molecule is ClCC1(NCc2cc(Br)cc3c2OCC3)CCC1. The Morgan fingerprint density at radius 3 is 2.89 bits per heavy atom. The van der Waals surface area contributed by atoms with E-state index in [1.807, 2.05) is 0 Å². The van der Waals surface area contributed by atoms with E-state index >= 15 is 0 Å². The molecule has 1 N–H and O–H groups in total. The van der Waals surface area contributed by atoms with Gasteiger partial charge in [0.1, 0.15) is 5.75 Å². The maximum absolute atomic E-state index is 6.07. The Kier molecular flexibility index (Phi) is 3.57. The maximum Gasteiger partial charge on any atom is 0.127 e. The van der Waals surface area contributed by atoms with E-state index in [4.69, 9.17) is 16.3 Å². The molecule has 0 spiro atoms. The molecule has 0 amide bonds. The molecule has 0 aromatic heterocycles. The van der Waals surface area contributed by atoms with Crippen LogP contribution in [0.15, 0.2) is 16.6 Å². The lowest BCUT2D eigenvalue weighted by molar-refractivity contribution is 0.210. The minimum atomic E-state index is 0.162. The van der Waals surface area contributed by atoms with E-state index in [0.717, 1.165) is 29.8 Å². The fourth-order valence-corrected chi connectivity index (χ4v) is 3.64. The van der Waals surface area contributed by atoms with Crippen molar-refractivity contribution in [2.75, 3.05) is 12.5 Å². The number of benzene rings is 1. The molecule has 1 heterocycles. The second kappa shape index (κ2) is 5.03. The number of rotatable bonds is 4. The second-order valence-corrected chi connectivity index (χ2v) is 6.46. The van der Waals surface area contributed by atoms with Crippen LogP contribution in [0.3, 0.4) is 0 Å². The highest BCUT2D eigenvalue weighted by molar-refractivity contribution is 9.10. The van der Waals surface area contributed by atoms with Crippen LogP contribution in [-0.2, 0) is 13.0 Å². The molecule has 0 saturated heterocycles. The molecular formula is C14H17BrClNO. The Morgan fingerprint density at radius 2 is 2.22 bits per heavy atom. The number of hydrogen-bond acceptors (Lipinski definition) is 2. The number of alkyl halides is 1. The molecule has 4 heteroatoms. The summed E-state index contributed by atoms with van der Waals surface area (Å²) in [5.74, 6) is 1.78. The van der Waals surface area contributed by atoms with E-state index in [0.29, 0.717) is 5.88 Å². The highest BCUT2D eigenvalue weighted by atomic mass is 79.9. The predicted octanol–water partition coefficient (Wildman–Crippen LogP) is 3.64. The Morgan fingerprint density at radius 1 is 1.39 bits per heavy atom. The van der Waals surface area contributed by atoms with E-state index in [2.05, 4.69) is 33.4 Å². The van der Waals surface area contributed by atoms with Crippen molar-refractivity contribution in [2.24, 2.45) is 0 Å². The highest BCUT2D eigenvalue weighted by Gasteiger charge is 2.35. The van der Waals surface area contributed by atoms with Gasteiger partial charge in [-0.15, -0.1) is 11.6 Å². The number of halogens is 2. The van der Waals surface area contributed by atoms with Crippen LogP contribution in [0.2, 0.25) is 0 Å². The topological polar surface area (TPSA) is 21.3 Å². The van der Waals surface area contributed by atoms with Gasteiger partial charge in [0.25, 0.3) is 0 Å². The van der Waals surface area contributed by atoms with Crippen LogP contribution in [0.4, 0.5) is 0 Å². The van der Waals surface area contributed by atoms with Crippen molar-refractivity contribution in [1.29, 1.82) is 0 Å². The van der Waals surface area contributed by atoms with E-state index in [1.165, 1.54) is 30.4 Å². The Hall–Kier alpha value is -0.250. The molecule has 1 aliphatic carbocycles. The van der Waals surface area contributed by atoms with E-state index in [-0.39, 0.29) is 5.54 Å². The van der Waals surface area contributed by atoms with Crippen LogP contribution >= 0.6 is 27.5 Å². The quantitative estimate of drug-likeness (QED) is 0.851. The number of fused-ring (bicyclic) bond motifs is 1. The van der Waals surface area contributed by atoms with Crippen molar-refractivity contribution >= 4 is 27.5 Å². The molecule has 2 aliphatic rings. The summed E-state index contributed by atoms with van der Waals surface area (Å²) < 4.78 is 6.88. The average Bonchev–Trinajstić information content (AvgIpc) is 2.75. The third kappa shape index (κ3) is 2.28. The van der Waals surface area contributed by atoms with Crippen LogP contribution in [-0.4, -0.2) is 18.0 Å². The lowest BCUT2D eigenvalue weighted by Gasteiger charge is -2.41. The first-order valence-electron chi connectivity index (χ1n) is 6.48. The van der Waals surface area contributed by atoms with Gasteiger partial charge in [-0.2, -0.15) is 0 Å². The molecule has 3 rings (SSSR count). The summed E-state index contributed by atoms with van der Waals surface area (Å²) in [5.41, 5.74) is 2.72. The van der Waals surface area contributed by atoms with Crippen molar-refractivity contribution in [2.45, 2.75) is 37.8 Å². The van der Waals surface area contributed by atoms with Gasteiger partial charge >= 0.3 is 0 Å². The van der Waals surface area contributed by atoms with Crippen LogP contribution in [0.1, 0.15) is 30.4 Å². The van der Waals surface area contributed by atoms with Crippen molar-refractivity contribution in [3.05, 3.63) is 27.7 Å². The molecule has 1 fully saturated rings. The lowest BCUT2D eigenvalue weighted by atomic mass is 9.78. The fraction of sp³-hybridized carbons (Fsp3) is 0.571. The lowest BCUT2D eigenvalue weighted by Crippen LogP contribution is -2.52. The number of nitrogens with one attached hydrogen (secondary N) is 1. The van der Waals surface area contributed by atoms with Crippen molar-refractivity contribution in [3.8, 4) is 5.75 Å². The zero-order valence-electron chi connectivity index (χ0n) is 10.3. The van der Waals surface area contributed by atoms with Gasteiger partial charge in [0.15, 0.2) is 0 Å². The van der Waals surface area contributed by atoms with Gasteiger partial charge in [-0.1, -0.05) is 15.9 Å². The molecule has 1 saturated carbocycles. The minimum absolute atomic E-state index is 0.162. The van der Waals surface area contributed by atoms with Gasteiger partial charge in [0.2, 0.25) is 0 Å². The van der Waals surface area contributed by atoms with Gasteiger partial charge in [0, 0.05) is 34.4 Å². The molecule has 0 atom stereocenters. The predicted molar refractivity (Wildman–Crippen MR) is 77.5 cm³/mol. The summed E-state index contributed by atoms with van der Waals surface area (Å²) in [6.07, 6.45) is 4.68. The van der Waals surface area contributed by atoms with Gasteiger partial charge in [-0.25, -0.2) is 0 Å². The zero-order chi connectivity index (χ0) is 12.6. The zero-order valence-corrected chi connectivity index (χ0v) is 12.6. The van der Waals surface area contributed by atoms with E-state index in [9.17, 15) is 0 Å². The van der Waals surface area contributed by atoms with Gasteiger partial charge in [-0.3, -0.25) is 0 Å². The van der Waals surface area contributed by atoms with E-state index < -0.39 is 0 Å². The summed E-state index contributed by atoms with van der Waals surface area (Å²) >= 11 is 9.65. The van der Waals surface area contributed by atoms with Crippen molar-refractivity contribution in [3.63, 3.8) is 0 Å². The molecule has 0 unspecified atom stereocenters. The Bertz CT molecular complexity index is 454. The maximum atomic E-state index is 6.07. The molecule has 18 heavy (non-hydrogen) atoms. The van der Waals surface area contributed by atoms with Gasteiger partial charge < -0.3 is 10.1 Å². The molecule has 0 bridgehead atoms. The molecule has 1 aliphatic heterocycles. The normalized spacial score (nSPS) is 20.1. The van der Waals surface area contributed by atoms with Crippen molar-refractivity contribution < 1.29 is 4.74 Å². The van der Waals surface area contributed by atoms with Gasteiger partial charge in [0.05, 0.1) is 6.61 Å². The second-order valence-electron chi connectivity index (χ2n) is 5.27. The highest BCUT2D eigenvalue weighted by Crippen LogP contribution is 2.36. The molecule has 2 nitrogen and oxygen atoms in total. The fourth-order valence-electron chi connectivity index (χ4n) is 2.72. The molecule has 98 valence electrons. The molecule has 1 aromatic carbocycles. The first kappa shape index (κ1) is 12.8. The third-order valence-corrected chi connectivity index (χ3v) is 5.02. The minimum Gasteiger partial charge on any atom is -0.493 e. The van der Waals surface area contributed by atoms with Crippen LogP contribution in [0.5, 0.6) is 5.75 Å². The number of ether oxygens (including phenoxy) is 1.